The zero-order valence-electron chi connectivity index (χ0n) is 18.5. The van der Waals surface area contributed by atoms with Crippen molar-refractivity contribution in [2.45, 2.75) is 68.5 Å². The molecule has 2 aromatic rings. The number of ether oxygens (including phenoxy) is 2. The van der Waals surface area contributed by atoms with Crippen LogP contribution < -0.4 is 20.1 Å². The molecule has 2 bridgehead atoms. The molecule has 3 N–H and O–H groups in total. The fraction of sp³-hybridized carbons (Fsp3) is 0.520. The lowest BCUT2D eigenvalue weighted by molar-refractivity contribution is -0.274. The van der Waals surface area contributed by atoms with Gasteiger partial charge in [0.25, 0.3) is 0 Å². The molecule has 0 amide bonds. The number of fused-ring (bicyclic) bond motifs is 2. The quantitative estimate of drug-likeness (QED) is 0.495. The van der Waals surface area contributed by atoms with E-state index in [0.717, 1.165) is 18.4 Å². The number of aliphatic hydroxyl groups excluding tert-OH is 1. The Morgan fingerprint density at radius 1 is 1.12 bits per heavy atom. The van der Waals surface area contributed by atoms with Gasteiger partial charge in [-0.2, -0.15) is 0 Å². The first-order chi connectivity index (χ1) is 16.3. The second-order valence-corrected chi connectivity index (χ2v) is 9.48. The van der Waals surface area contributed by atoms with E-state index in [1.807, 2.05) is 30.3 Å². The Morgan fingerprint density at radius 2 is 1.88 bits per heavy atom. The fourth-order valence-electron chi connectivity index (χ4n) is 5.42. The maximum Gasteiger partial charge on any atom is 0.573 e. The van der Waals surface area contributed by atoms with Crippen LogP contribution in [0.5, 0.6) is 11.5 Å². The van der Waals surface area contributed by atoms with Gasteiger partial charge < -0.3 is 25.2 Å². The van der Waals surface area contributed by atoms with E-state index in [4.69, 9.17) is 4.74 Å². The highest BCUT2D eigenvalue weighted by atomic mass is 19.4. The average molecular weight is 481 g/mol. The summed E-state index contributed by atoms with van der Waals surface area (Å²) in [4.78, 5) is 0. The molecule has 0 unspecified atom stereocenters. The molecule has 5 atom stereocenters. The van der Waals surface area contributed by atoms with Crippen LogP contribution in [0.2, 0.25) is 0 Å². The number of halogens is 4. The van der Waals surface area contributed by atoms with Crippen molar-refractivity contribution in [2.24, 2.45) is 5.92 Å². The van der Waals surface area contributed by atoms with Crippen LogP contribution in [0.1, 0.15) is 36.8 Å². The molecule has 2 aliphatic heterocycles. The second kappa shape index (κ2) is 9.02. The van der Waals surface area contributed by atoms with Crippen LogP contribution >= 0.6 is 0 Å². The number of nitrogens with one attached hydrogen (secondary N) is 2. The van der Waals surface area contributed by atoms with Crippen LogP contribution in [0.4, 0.5) is 17.6 Å². The van der Waals surface area contributed by atoms with E-state index in [0.29, 0.717) is 17.7 Å². The summed E-state index contributed by atoms with van der Waals surface area (Å²) in [5.41, 5.74) is 0.650. The largest absolute Gasteiger partial charge is 0.573 e. The summed E-state index contributed by atoms with van der Waals surface area (Å²) in [6.07, 6.45) is -3.36. The predicted octanol–water partition coefficient (Wildman–Crippen LogP) is 4.19. The lowest BCUT2D eigenvalue weighted by Gasteiger charge is -2.45. The van der Waals surface area contributed by atoms with Gasteiger partial charge in [-0.05, 0) is 55.4 Å². The summed E-state index contributed by atoms with van der Waals surface area (Å²) in [5, 5.41) is 16.8. The van der Waals surface area contributed by atoms with E-state index >= 15 is 4.39 Å². The third kappa shape index (κ3) is 4.74. The summed E-state index contributed by atoms with van der Waals surface area (Å²) in [6.45, 7) is 0.0643. The maximum atomic E-state index is 15.6. The molecule has 3 fully saturated rings. The third-order valence-electron chi connectivity index (χ3n) is 7.09. The SMILES string of the molecule is OC[C@@H]1C[C@]2(c3ccccc3)N[C@H]1C[C@H](F)[C@H]2NCc1cc(OC(F)(F)F)ccc1OC1CC1. The summed E-state index contributed by atoms with van der Waals surface area (Å²) < 4.78 is 63.9. The Hall–Kier alpha value is -2.36. The molecular weight excluding hydrogens is 452 g/mol. The van der Waals surface area contributed by atoms with Crippen LogP contribution in [-0.4, -0.2) is 42.4 Å². The van der Waals surface area contributed by atoms with Crippen LogP contribution in [-0.2, 0) is 12.1 Å². The van der Waals surface area contributed by atoms with Gasteiger partial charge >= 0.3 is 6.36 Å². The molecule has 1 aliphatic carbocycles. The lowest BCUT2D eigenvalue weighted by atomic mass is 9.77. The first-order valence-electron chi connectivity index (χ1n) is 11.6. The molecular formula is C25H28F4N2O3. The Balaban J connectivity index is 1.43. The van der Waals surface area contributed by atoms with Gasteiger partial charge in [-0.1, -0.05) is 30.3 Å². The molecule has 184 valence electrons. The Labute approximate surface area is 195 Å². The van der Waals surface area contributed by atoms with Crippen LogP contribution in [0.25, 0.3) is 0 Å². The third-order valence-corrected chi connectivity index (χ3v) is 7.09. The van der Waals surface area contributed by atoms with Crippen molar-refractivity contribution in [3.05, 3.63) is 59.7 Å². The molecule has 0 aromatic heterocycles. The molecule has 5 rings (SSSR count). The fourth-order valence-corrected chi connectivity index (χ4v) is 5.42. The van der Waals surface area contributed by atoms with Gasteiger partial charge in [0.2, 0.25) is 0 Å². The van der Waals surface area contributed by atoms with Crippen LogP contribution in [0.3, 0.4) is 0 Å². The number of hydrogen-bond acceptors (Lipinski definition) is 5. The predicted molar refractivity (Wildman–Crippen MR) is 117 cm³/mol. The minimum Gasteiger partial charge on any atom is -0.490 e. The molecule has 2 saturated heterocycles. The minimum atomic E-state index is -4.81. The van der Waals surface area contributed by atoms with Gasteiger partial charge in [0.15, 0.2) is 0 Å². The van der Waals surface area contributed by atoms with E-state index in [1.165, 1.54) is 18.2 Å². The molecule has 0 radical (unpaired) electrons. The first kappa shape index (κ1) is 23.4. The van der Waals surface area contributed by atoms with Crippen molar-refractivity contribution in [2.75, 3.05) is 6.61 Å². The van der Waals surface area contributed by atoms with Crippen molar-refractivity contribution < 1.29 is 32.1 Å². The highest BCUT2D eigenvalue weighted by molar-refractivity contribution is 5.41. The highest BCUT2D eigenvalue weighted by Crippen LogP contribution is 2.47. The minimum absolute atomic E-state index is 0.0398. The van der Waals surface area contributed by atoms with Gasteiger partial charge in [0.05, 0.1) is 17.7 Å². The summed E-state index contributed by atoms with van der Waals surface area (Å²) >= 11 is 0. The maximum absolute atomic E-state index is 15.6. The standard InChI is InChI=1S/C25H28F4N2O3/c26-20-11-21-16(14-32)12-24(31-21,17-4-2-1-3-5-17)23(20)30-13-15-10-19(34-25(27,28)29)8-9-22(15)33-18-6-7-18/h1-5,8-10,16,18,20-21,23,30-32H,6-7,11-14H2/t16-,20-,21-,23+,24+/m0/s1. The summed E-state index contributed by atoms with van der Waals surface area (Å²) in [5.74, 6) is 0.0441. The van der Waals surface area contributed by atoms with Crippen molar-refractivity contribution in [1.82, 2.24) is 10.6 Å². The molecule has 2 heterocycles. The van der Waals surface area contributed by atoms with E-state index in [-0.39, 0.29) is 43.4 Å². The number of piperidine rings is 1. The van der Waals surface area contributed by atoms with Crippen molar-refractivity contribution in [3.63, 3.8) is 0 Å². The number of alkyl halides is 4. The van der Waals surface area contributed by atoms with Gasteiger partial charge in [0.1, 0.15) is 17.7 Å². The number of rotatable bonds is 8. The smallest absolute Gasteiger partial charge is 0.490 e. The van der Waals surface area contributed by atoms with Crippen LogP contribution in [0.15, 0.2) is 48.5 Å². The second-order valence-electron chi connectivity index (χ2n) is 9.48. The van der Waals surface area contributed by atoms with Gasteiger partial charge in [-0.25, -0.2) is 4.39 Å². The van der Waals surface area contributed by atoms with Gasteiger partial charge in [-0.3, -0.25) is 0 Å². The van der Waals surface area contributed by atoms with Gasteiger partial charge in [-0.15, -0.1) is 13.2 Å². The Morgan fingerprint density at radius 3 is 2.56 bits per heavy atom. The zero-order valence-corrected chi connectivity index (χ0v) is 18.5. The molecule has 5 nitrogen and oxygen atoms in total. The summed E-state index contributed by atoms with van der Waals surface area (Å²) in [7, 11) is 0. The van der Waals surface area contributed by atoms with E-state index in [9.17, 15) is 18.3 Å². The van der Waals surface area contributed by atoms with E-state index in [2.05, 4.69) is 15.4 Å². The Kier molecular flexibility index (Phi) is 6.20. The average Bonchev–Trinajstić information content (AvgIpc) is 3.56. The number of hydrogen-bond donors (Lipinski definition) is 3. The molecule has 34 heavy (non-hydrogen) atoms. The Bertz CT molecular complexity index is 1000. The number of aliphatic hydroxyl groups is 1. The molecule has 9 heteroatoms. The first-order valence-corrected chi connectivity index (χ1v) is 11.6. The zero-order chi connectivity index (χ0) is 23.9. The lowest BCUT2D eigenvalue weighted by Crippen LogP contribution is -2.63. The van der Waals surface area contributed by atoms with E-state index < -0.39 is 24.1 Å². The topological polar surface area (TPSA) is 62.8 Å². The summed E-state index contributed by atoms with van der Waals surface area (Å²) in [6, 6.07) is 12.8. The van der Waals surface area contributed by atoms with E-state index in [1.54, 1.807) is 0 Å². The van der Waals surface area contributed by atoms with Crippen molar-refractivity contribution in [3.8, 4) is 11.5 Å². The molecule has 0 spiro atoms. The van der Waals surface area contributed by atoms with Gasteiger partial charge in [0, 0.05) is 24.8 Å². The highest BCUT2D eigenvalue weighted by Gasteiger charge is 2.57. The van der Waals surface area contributed by atoms with Crippen LogP contribution in [0, 0.1) is 5.92 Å². The number of benzene rings is 2. The molecule has 1 saturated carbocycles. The van der Waals surface area contributed by atoms with Crippen molar-refractivity contribution in [1.29, 1.82) is 0 Å². The van der Waals surface area contributed by atoms with Crippen molar-refractivity contribution >= 4 is 0 Å². The normalized spacial score (nSPS) is 30.9. The molecule has 3 aliphatic rings. The molecule has 2 aromatic carbocycles. The monoisotopic (exact) mass is 480 g/mol.